The summed E-state index contributed by atoms with van der Waals surface area (Å²) in [6.07, 6.45) is 3.86. The first-order chi connectivity index (χ1) is 11.7. The van der Waals surface area contributed by atoms with Crippen LogP contribution in [0.1, 0.15) is 16.2 Å². The quantitative estimate of drug-likeness (QED) is 0.560. The number of aryl methyl sites for hydroxylation is 1. The van der Waals surface area contributed by atoms with Crippen molar-refractivity contribution in [1.29, 1.82) is 0 Å². The van der Waals surface area contributed by atoms with Crippen LogP contribution in [0, 0.1) is 6.92 Å². The van der Waals surface area contributed by atoms with Crippen LogP contribution in [0.2, 0.25) is 0 Å². The van der Waals surface area contributed by atoms with Crippen molar-refractivity contribution < 1.29 is 4.79 Å². The molecule has 3 heterocycles. The van der Waals surface area contributed by atoms with Crippen LogP contribution in [0.3, 0.4) is 0 Å². The zero-order valence-corrected chi connectivity index (χ0v) is 14.7. The van der Waals surface area contributed by atoms with Gasteiger partial charge in [0.25, 0.3) is 5.91 Å². The van der Waals surface area contributed by atoms with Gasteiger partial charge in [-0.05, 0) is 43.5 Å². The highest BCUT2D eigenvalue weighted by Crippen LogP contribution is 2.30. The number of amides is 1. The van der Waals surface area contributed by atoms with Gasteiger partial charge in [-0.25, -0.2) is 9.97 Å². The lowest BCUT2D eigenvalue weighted by molar-refractivity contribution is 0.102. The molecule has 24 heavy (non-hydrogen) atoms. The molecule has 0 saturated carbocycles. The molecule has 0 bridgehead atoms. The van der Waals surface area contributed by atoms with Gasteiger partial charge in [-0.3, -0.25) is 9.20 Å². The number of anilines is 1. The molecular weight excluding hydrogens is 340 g/mol. The zero-order chi connectivity index (χ0) is 16.7. The van der Waals surface area contributed by atoms with Crippen molar-refractivity contribution in [1.82, 2.24) is 14.4 Å². The van der Waals surface area contributed by atoms with E-state index in [-0.39, 0.29) is 5.91 Å². The van der Waals surface area contributed by atoms with E-state index in [0.717, 1.165) is 25.9 Å². The van der Waals surface area contributed by atoms with Crippen molar-refractivity contribution in [2.45, 2.75) is 11.3 Å². The number of aromatic nitrogens is 3. The molecule has 7 heteroatoms. The Kier molecular flexibility index (Phi) is 3.74. The van der Waals surface area contributed by atoms with Gasteiger partial charge >= 0.3 is 0 Å². The Balaban J connectivity index is 1.69. The van der Waals surface area contributed by atoms with Crippen molar-refractivity contribution in [2.24, 2.45) is 0 Å². The first-order valence-electron chi connectivity index (χ1n) is 7.35. The minimum atomic E-state index is -0.167. The summed E-state index contributed by atoms with van der Waals surface area (Å²) in [6.45, 7) is 1.85. The number of fused-ring (bicyclic) bond motifs is 2. The number of hydrogen-bond donors (Lipinski definition) is 1. The average molecular weight is 354 g/mol. The second kappa shape index (κ2) is 5.92. The first kappa shape index (κ1) is 15.2. The number of carbonyl (C=O) groups is 1. The van der Waals surface area contributed by atoms with Gasteiger partial charge in [-0.2, -0.15) is 0 Å². The molecule has 120 valence electrons. The summed E-state index contributed by atoms with van der Waals surface area (Å²) in [6, 6.07) is 11.5. The maximum absolute atomic E-state index is 12.7. The largest absolute Gasteiger partial charge is 0.321 e. The molecule has 0 atom stereocenters. The van der Waals surface area contributed by atoms with Crippen LogP contribution in [0.4, 0.5) is 5.69 Å². The third kappa shape index (κ3) is 2.55. The van der Waals surface area contributed by atoms with Crippen LogP contribution in [0.5, 0.6) is 0 Å². The average Bonchev–Trinajstić information content (AvgIpc) is 3.13. The van der Waals surface area contributed by atoms with E-state index in [1.807, 2.05) is 60.2 Å². The molecule has 1 aromatic carbocycles. The van der Waals surface area contributed by atoms with Crippen LogP contribution >= 0.6 is 23.1 Å². The number of thiazole rings is 1. The fourth-order valence-electron chi connectivity index (χ4n) is 2.65. The number of hydrogen-bond acceptors (Lipinski definition) is 5. The number of imidazole rings is 1. The summed E-state index contributed by atoms with van der Waals surface area (Å²) in [7, 11) is 0. The lowest BCUT2D eigenvalue weighted by atomic mass is 10.2. The van der Waals surface area contributed by atoms with E-state index in [9.17, 15) is 4.79 Å². The molecule has 0 radical (unpaired) electrons. The van der Waals surface area contributed by atoms with Crippen molar-refractivity contribution in [2.75, 3.05) is 11.6 Å². The minimum Gasteiger partial charge on any atom is -0.321 e. The second-order valence-corrected chi connectivity index (χ2v) is 7.38. The number of benzene rings is 1. The van der Waals surface area contributed by atoms with Crippen molar-refractivity contribution >= 4 is 50.6 Å². The third-order valence-electron chi connectivity index (χ3n) is 3.72. The highest BCUT2D eigenvalue weighted by molar-refractivity contribution is 8.00. The van der Waals surface area contributed by atoms with E-state index < -0.39 is 0 Å². The van der Waals surface area contributed by atoms with Crippen LogP contribution in [0.25, 0.3) is 15.9 Å². The number of nitrogens with zero attached hydrogens (tertiary/aromatic N) is 3. The Bertz CT molecular complexity index is 1070. The zero-order valence-electron chi connectivity index (χ0n) is 13.1. The Morgan fingerprint density at radius 1 is 1.25 bits per heavy atom. The van der Waals surface area contributed by atoms with Gasteiger partial charge in [0.1, 0.15) is 11.3 Å². The van der Waals surface area contributed by atoms with Gasteiger partial charge in [0.05, 0.1) is 15.9 Å². The molecule has 4 aromatic rings. The molecule has 0 aliphatic carbocycles. The molecule has 0 aliphatic heterocycles. The van der Waals surface area contributed by atoms with Crippen LogP contribution in [0.15, 0.2) is 46.9 Å². The molecule has 3 aromatic heterocycles. The number of pyridine rings is 1. The van der Waals surface area contributed by atoms with E-state index >= 15 is 0 Å². The molecule has 0 spiro atoms. The lowest BCUT2D eigenvalue weighted by Gasteiger charge is -2.06. The number of nitrogens with one attached hydrogen (secondary N) is 1. The molecule has 0 aliphatic rings. The number of carbonyl (C=O) groups excluding carboxylic acids is 1. The standard InChI is InChI=1S/C17H14N4OS2/c1-10-15(21-8-4-3-5-14(21)18-10)16(22)19-11-6-7-12-13(9-11)24-17(20-12)23-2/h3-9H,1-2H3,(H,19,22). The van der Waals surface area contributed by atoms with Gasteiger partial charge in [0, 0.05) is 11.9 Å². The lowest BCUT2D eigenvalue weighted by Crippen LogP contribution is -2.15. The monoisotopic (exact) mass is 354 g/mol. The molecule has 1 amide bonds. The number of thioether (sulfide) groups is 1. The maximum atomic E-state index is 12.7. The molecule has 0 saturated heterocycles. The Morgan fingerprint density at radius 2 is 2.12 bits per heavy atom. The Hall–Kier alpha value is -2.38. The van der Waals surface area contributed by atoms with Gasteiger partial charge in [0.15, 0.2) is 4.34 Å². The Morgan fingerprint density at radius 3 is 2.96 bits per heavy atom. The molecule has 1 N–H and O–H groups in total. The minimum absolute atomic E-state index is 0.167. The molecular formula is C17H14N4OS2. The summed E-state index contributed by atoms with van der Waals surface area (Å²) < 4.78 is 3.89. The maximum Gasteiger partial charge on any atom is 0.274 e. The summed E-state index contributed by atoms with van der Waals surface area (Å²) in [5, 5.41) is 2.97. The van der Waals surface area contributed by atoms with Gasteiger partial charge in [0.2, 0.25) is 0 Å². The van der Waals surface area contributed by atoms with Crippen LogP contribution in [-0.4, -0.2) is 26.5 Å². The van der Waals surface area contributed by atoms with E-state index in [2.05, 4.69) is 15.3 Å². The predicted octanol–water partition coefficient (Wildman–Crippen LogP) is 4.23. The predicted molar refractivity (Wildman–Crippen MR) is 99.3 cm³/mol. The van der Waals surface area contributed by atoms with E-state index in [0.29, 0.717) is 11.4 Å². The fraction of sp³-hybridized carbons (Fsp3) is 0.118. The van der Waals surface area contributed by atoms with Crippen molar-refractivity contribution in [3.8, 4) is 0 Å². The van der Waals surface area contributed by atoms with E-state index in [4.69, 9.17) is 0 Å². The first-order valence-corrected chi connectivity index (χ1v) is 9.39. The summed E-state index contributed by atoms with van der Waals surface area (Å²) in [4.78, 5) is 21.7. The molecule has 0 fully saturated rings. The Labute approximate surface area is 146 Å². The second-order valence-electron chi connectivity index (χ2n) is 5.30. The highest BCUT2D eigenvalue weighted by Gasteiger charge is 2.16. The normalized spacial score (nSPS) is 11.2. The smallest absolute Gasteiger partial charge is 0.274 e. The molecule has 4 rings (SSSR count). The van der Waals surface area contributed by atoms with E-state index in [1.165, 1.54) is 0 Å². The summed E-state index contributed by atoms with van der Waals surface area (Å²) in [5.74, 6) is -0.167. The van der Waals surface area contributed by atoms with E-state index in [1.54, 1.807) is 23.1 Å². The van der Waals surface area contributed by atoms with Gasteiger partial charge in [-0.1, -0.05) is 17.8 Å². The van der Waals surface area contributed by atoms with Crippen molar-refractivity contribution in [3.63, 3.8) is 0 Å². The highest BCUT2D eigenvalue weighted by atomic mass is 32.2. The van der Waals surface area contributed by atoms with Gasteiger partial charge in [-0.15, -0.1) is 11.3 Å². The topological polar surface area (TPSA) is 59.3 Å². The fourth-order valence-corrected chi connectivity index (χ4v) is 4.17. The summed E-state index contributed by atoms with van der Waals surface area (Å²) in [5.41, 5.74) is 3.74. The number of rotatable bonds is 3. The molecule has 0 unspecified atom stereocenters. The van der Waals surface area contributed by atoms with Crippen molar-refractivity contribution in [3.05, 3.63) is 54.0 Å². The molecule has 5 nitrogen and oxygen atoms in total. The van der Waals surface area contributed by atoms with Crippen LogP contribution in [-0.2, 0) is 0 Å². The third-order valence-corrected chi connectivity index (χ3v) is 5.72. The summed E-state index contributed by atoms with van der Waals surface area (Å²) >= 11 is 3.25. The van der Waals surface area contributed by atoms with Crippen LogP contribution < -0.4 is 5.32 Å². The van der Waals surface area contributed by atoms with Gasteiger partial charge < -0.3 is 5.32 Å². The SMILES string of the molecule is CSc1nc2ccc(NC(=O)c3c(C)nc4ccccn34)cc2s1.